The predicted octanol–water partition coefficient (Wildman–Crippen LogP) is 4.38. The van der Waals surface area contributed by atoms with Crippen molar-refractivity contribution in [2.75, 3.05) is 6.26 Å². The van der Waals surface area contributed by atoms with E-state index >= 15 is 0 Å². The second kappa shape index (κ2) is 6.27. The molecule has 0 unspecified atom stereocenters. The van der Waals surface area contributed by atoms with Crippen molar-refractivity contribution < 1.29 is 4.74 Å². The van der Waals surface area contributed by atoms with Gasteiger partial charge in [0.2, 0.25) is 5.88 Å². The number of hydrogen-bond donors (Lipinski definition) is 0. The molecule has 0 atom stereocenters. The van der Waals surface area contributed by atoms with E-state index in [9.17, 15) is 0 Å². The second-order valence-electron chi connectivity index (χ2n) is 3.33. The first-order valence-corrected chi connectivity index (χ1v) is 7.26. The van der Waals surface area contributed by atoms with Gasteiger partial charge in [0.1, 0.15) is 17.2 Å². The van der Waals surface area contributed by atoms with Crippen molar-refractivity contribution in [1.29, 1.82) is 0 Å². The smallest absolute Gasteiger partial charge is 0.228 e. The first-order valence-electron chi connectivity index (χ1n) is 5.12. The van der Waals surface area contributed by atoms with Gasteiger partial charge >= 0.3 is 0 Å². The van der Waals surface area contributed by atoms with E-state index in [0.717, 1.165) is 10.6 Å². The van der Waals surface area contributed by atoms with E-state index in [1.165, 1.54) is 6.33 Å². The minimum atomic E-state index is 0.205. The fourth-order valence-corrected chi connectivity index (χ4v) is 2.41. The molecular weight excluding hydrogens is 291 g/mol. The molecule has 0 aliphatic carbocycles. The molecule has 0 saturated heterocycles. The molecule has 3 nitrogen and oxygen atoms in total. The Bertz CT molecular complexity index is 551. The summed E-state index contributed by atoms with van der Waals surface area (Å²) in [6.07, 6.45) is 3.34. The third kappa shape index (κ3) is 2.88. The van der Waals surface area contributed by atoms with Crippen LogP contribution in [0.4, 0.5) is 0 Å². The molecule has 1 heterocycles. The number of thioether (sulfide) groups is 1. The van der Waals surface area contributed by atoms with Crippen LogP contribution in [0.2, 0.25) is 5.15 Å². The molecule has 0 bridgehead atoms. The molecule has 1 aromatic heterocycles. The van der Waals surface area contributed by atoms with E-state index in [4.69, 9.17) is 27.9 Å². The van der Waals surface area contributed by atoms with Crippen LogP contribution in [-0.2, 0) is 5.88 Å². The Hall–Kier alpha value is -0.970. The Labute approximate surface area is 120 Å². The van der Waals surface area contributed by atoms with Gasteiger partial charge in [-0.1, -0.05) is 23.7 Å². The zero-order chi connectivity index (χ0) is 13.0. The van der Waals surface area contributed by atoms with Gasteiger partial charge in [0.15, 0.2) is 0 Å². The van der Waals surface area contributed by atoms with Crippen molar-refractivity contribution in [2.45, 2.75) is 10.8 Å². The minimum absolute atomic E-state index is 0.205. The minimum Gasteiger partial charge on any atom is -0.437 e. The van der Waals surface area contributed by atoms with Crippen LogP contribution in [0.3, 0.4) is 0 Å². The molecule has 2 aromatic rings. The molecule has 1 aromatic carbocycles. The number of hydrogen-bond acceptors (Lipinski definition) is 4. The van der Waals surface area contributed by atoms with Gasteiger partial charge in [-0.2, -0.15) is 0 Å². The summed E-state index contributed by atoms with van der Waals surface area (Å²) >= 11 is 13.4. The number of halogens is 2. The van der Waals surface area contributed by atoms with Crippen LogP contribution in [0.5, 0.6) is 11.6 Å². The molecule has 0 spiro atoms. The van der Waals surface area contributed by atoms with Crippen LogP contribution in [0.1, 0.15) is 5.56 Å². The first kappa shape index (κ1) is 13.5. The van der Waals surface area contributed by atoms with E-state index in [-0.39, 0.29) is 5.88 Å². The standard InChI is InChI=1S/C12H10Cl2N2OS/c1-18-10-5-3-2-4-9(10)17-12-8(6-13)11(14)15-7-16-12/h2-5,7H,6H2,1H3. The molecule has 0 aliphatic rings. The highest BCUT2D eigenvalue weighted by molar-refractivity contribution is 7.98. The maximum Gasteiger partial charge on any atom is 0.228 e. The summed E-state index contributed by atoms with van der Waals surface area (Å²) in [5, 5.41) is 0.316. The van der Waals surface area contributed by atoms with Crippen LogP contribution in [0.25, 0.3) is 0 Å². The third-order valence-corrected chi connectivity index (χ3v) is 3.63. The predicted molar refractivity (Wildman–Crippen MR) is 74.9 cm³/mol. The van der Waals surface area contributed by atoms with Crippen LogP contribution in [-0.4, -0.2) is 16.2 Å². The molecular formula is C12H10Cl2N2OS. The lowest BCUT2D eigenvalue weighted by atomic mass is 10.3. The lowest BCUT2D eigenvalue weighted by molar-refractivity contribution is 0.446. The largest absolute Gasteiger partial charge is 0.437 e. The monoisotopic (exact) mass is 300 g/mol. The summed E-state index contributed by atoms with van der Waals surface area (Å²) in [7, 11) is 0. The lowest BCUT2D eigenvalue weighted by Gasteiger charge is -2.11. The maximum absolute atomic E-state index is 5.95. The number of ether oxygens (including phenoxy) is 1. The highest BCUT2D eigenvalue weighted by Gasteiger charge is 2.12. The van der Waals surface area contributed by atoms with Crippen LogP contribution >= 0.6 is 35.0 Å². The lowest BCUT2D eigenvalue weighted by Crippen LogP contribution is -1.96. The second-order valence-corrected chi connectivity index (χ2v) is 4.81. The van der Waals surface area contributed by atoms with Crippen LogP contribution in [0.15, 0.2) is 35.5 Å². The number of para-hydroxylation sites is 1. The van der Waals surface area contributed by atoms with Gasteiger partial charge < -0.3 is 4.74 Å². The summed E-state index contributed by atoms with van der Waals surface area (Å²) in [5.41, 5.74) is 0.594. The number of aromatic nitrogens is 2. The van der Waals surface area contributed by atoms with E-state index in [2.05, 4.69) is 9.97 Å². The van der Waals surface area contributed by atoms with Gasteiger partial charge in [-0.3, -0.25) is 0 Å². The summed E-state index contributed by atoms with van der Waals surface area (Å²) in [6, 6.07) is 7.70. The fourth-order valence-electron chi connectivity index (χ4n) is 1.38. The Morgan fingerprint density at radius 2 is 2.06 bits per heavy atom. The Morgan fingerprint density at radius 3 is 2.78 bits per heavy atom. The number of nitrogens with zero attached hydrogens (tertiary/aromatic N) is 2. The molecule has 6 heteroatoms. The molecule has 0 aliphatic heterocycles. The van der Waals surface area contributed by atoms with Gasteiger partial charge in [0.05, 0.1) is 11.4 Å². The van der Waals surface area contributed by atoms with Gasteiger partial charge in [0.25, 0.3) is 0 Å². The normalized spacial score (nSPS) is 10.4. The summed E-state index contributed by atoms with van der Waals surface area (Å²) in [6.45, 7) is 0. The SMILES string of the molecule is CSc1ccccc1Oc1ncnc(Cl)c1CCl. The average Bonchev–Trinajstić information content (AvgIpc) is 2.40. The average molecular weight is 301 g/mol. The molecule has 0 fully saturated rings. The number of alkyl halides is 1. The van der Waals surface area contributed by atoms with E-state index in [1.807, 2.05) is 30.5 Å². The molecule has 94 valence electrons. The van der Waals surface area contributed by atoms with Gasteiger partial charge in [0, 0.05) is 4.90 Å². The van der Waals surface area contributed by atoms with E-state index in [1.54, 1.807) is 11.8 Å². The Balaban J connectivity index is 2.37. The fraction of sp³-hybridized carbons (Fsp3) is 0.167. The molecule has 18 heavy (non-hydrogen) atoms. The summed E-state index contributed by atoms with van der Waals surface area (Å²) < 4.78 is 5.76. The third-order valence-electron chi connectivity index (χ3n) is 2.26. The number of benzene rings is 1. The van der Waals surface area contributed by atoms with Crippen LogP contribution in [0, 0.1) is 0 Å². The Kier molecular flexibility index (Phi) is 4.69. The zero-order valence-corrected chi connectivity index (χ0v) is 11.9. The molecule has 0 amide bonds. The zero-order valence-electron chi connectivity index (χ0n) is 9.56. The quantitative estimate of drug-likeness (QED) is 0.477. The van der Waals surface area contributed by atoms with Gasteiger partial charge in [-0.25, -0.2) is 9.97 Å². The number of rotatable bonds is 4. The summed E-state index contributed by atoms with van der Waals surface area (Å²) in [4.78, 5) is 8.97. The molecule has 0 saturated carbocycles. The van der Waals surface area contributed by atoms with E-state index < -0.39 is 0 Å². The van der Waals surface area contributed by atoms with Crippen LogP contribution < -0.4 is 4.74 Å². The van der Waals surface area contributed by atoms with Crippen molar-refractivity contribution in [2.24, 2.45) is 0 Å². The van der Waals surface area contributed by atoms with Crippen molar-refractivity contribution in [3.63, 3.8) is 0 Å². The highest BCUT2D eigenvalue weighted by Crippen LogP contribution is 2.33. The first-order chi connectivity index (χ1) is 8.76. The maximum atomic E-state index is 5.95. The van der Waals surface area contributed by atoms with Crippen molar-refractivity contribution in [3.05, 3.63) is 41.3 Å². The van der Waals surface area contributed by atoms with Gasteiger partial charge in [-0.05, 0) is 18.4 Å². The molecule has 2 rings (SSSR count). The van der Waals surface area contributed by atoms with Gasteiger partial charge in [-0.15, -0.1) is 23.4 Å². The Morgan fingerprint density at radius 1 is 1.28 bits per heavy atom. The molecule has 0 N–H and O–H groups in total. The highest BCUT2D eigenvalue weighted by atomic mass is 35.5. The van der Waals surface area contributed by atoms with Crippen molar-refractivity contribution in [1.82, 2.24) is 9.97 Å². The van der Waals surface area contributed by atoms with Crippen molar-refractivity contribution in [3.8, 4) is 11.6 Å². The topological polar surface area (TPSA) is 35.0 Å². The van der Waals surface area contributed by atoms with Crippen molar-refractivity contribution >= 4 is 35.0 Å². The molecule has 0 radical (unpaired) electrons. The summed E-state index contributed by atoms with van der Waals surface area (Å²) in [5.74, 6) is 1.33. The van der Waals surface area contributed by atoms with E-state index in [0.29, 0.717) is 16.6 Å².